The zero-order valence-electron chi connectivity index (χ0n) is 10.3. The molecule has 0 radical (unpaired) electrons. The lowest BCUT2D eigenvalue weighted by Gasteiger charge is -2.12. The monoisotopic (exact) mass is 294 g/mol. The van der Waals surface area contributed by atoms with Crippen LogP contribution in [0.3, 0.4) is 0 Å². The summed E-state index contributed by atoms with van der Waals surface area (Å²) in [6, 6.07) is 16.5. The third-order valence-electron chi connectivity index (χ3n) is 2.41. The minimum Gasteiger partial charge on any atom is -0.453 e. The van der Waals surface area contributed by atoms with Gasteiger partial charge >= 0.3 is 0 Å². The van der Waals surface area contributed by atoms with Gasteiger partial charge in [0.15, 0.2) is 0 Å². The highest BCUT2D eigenvalue weighted by Crippen LogP contribution is 2.58. The Balaban J connectivity index is 1.94. The van der Waals surface area contributed by atoms with E-state index in [4.69, 9.17) is 4.52 Å². The van der Waals surface area contributed by atoms with Crippen LogP contribution in [0.4, 0.5) is 0 Å². The van der Waals surface area contributed by atoms with Crippen LogP contribution in [0.1, 0.15) is 11.1 Å². The summed E-state index contributed by atoms with van der Waals surface area (Å²) in [5.74, 6) is 0.876. The molecule has 0 heterocycles. The SMILES string of the molecule is Cc1ccc(OP(S)Sc2ccc(C)cc2)cc1. The van der Waals surface area contributed by atoms with Crippen LogP contribution in [-0.4, -0.2) is 0 Å². The molecule has 0 aromatic heterocycles. The molecule has 0 saturated heterocycles. The van der Waals surface area contributed by atoms with Crippen LogP contribution < -0.4 is 4.52 Å². The zero-order valence-corrected chi connectivity index (χ0v) is 12.9. The van der Waals surface area contributed by atoms with Crippen molar-refractivity contribution in [2.24, 2.45) is 0 Å². The Morgan fingerprint density at radius 1 is 0.889 bits per heavy atom. The van der Waals surface area contributed by atoms with Crippen LogP contribution in [0.15, 0.2) is 53.4 Å². The molecule has 0 bridgehead atoms. The van der Waals surface area contributed by atoms with Gasteiger partial charge in [-0.3, -0.25) is 0 Å². The molecule has 18 heavy (non-hydrogen) atoms. The first-order valence-corrected chi connectivity index (χ1v) is 9.45. The van der Waals surface area contributed by atoms with Crippen LogP contribution >= 0.6 is 30.2 Å². The van der Waals surface area contributed by atoms with E-state index in [9.17, 15) is 0 Å². The average Bonchev–Trinajstić information content (AvgIpc) is 2.35. The number of rotatable bonds is 4. The Bertz CT molecular complexity index is 449. The van der Waals surface area contributed by atoms with E-state index >= 15 is 0 Å². The van der Waals surface area contributed by atoms with Gasteiger partial charge in [0, 0.05) is 4.90 Å². The molecule has 0 amide bonds. The molecule has 1 atom stereocenters. The maximum Gasteiger partial charge on any atom is 0.211 e. The van der Waals surface area contributed by atoms with Gasteiger partial charge in [-0.2, -0.15) is 0 Å². The third kappa shape index (κ3) is 4.24. The van der Waals surface area contributed by atoms with Crippen LogP contribution in [0.5, 0.6) is 5.75 Å². The molecule has 0 N–H and O–H groups in total. The first-order chi connectivity index (χ1) is 8.63. The minimum atomic E-state index is -0.841. The zero-order chi connectivity index (χ0) is 13.0. The van der Waals surface area contributed by atoms with Crippen molar-refractivity contribution in [2.75, 3.05) is 0 Å². The molecule has 2 rings (SSSR count). The largest absolute Gasteiger partial charge is 0.453 e. The first-order valence-electron chi connectivity index (χ1n) is 5.62. The van der Waals surface area contributed by atoms with Gasteiger partial charge in [-0.1, -0.05) is 47.6 Å². The Kier molecular flexibility index (Phi) is 4.99. The summed E-state index contributed by atoms with van der Waals surface area (Å²) < 4.78 is 5.80. The molecule has 0 saturated carbocycles. The van der Waals surface area contributed by atoms with E-state index in [2.05, 4.69) is 50.4 Å². The van der Waals surface area contributed by atoms with E-state index in [-0.39, 0.29) is 0 Å². The van der Waals surface area contributed by atoms with Crippen LogP contribution in [0.2, 0.25) is 0 Å². The summed E-state index contributed by atoms with van der Waals surface area (Å²) >= 11 is 6.17. The molecule has 2 aromatic carbocycles. The predicted molar refractivity (Wildman–Crippen MR) is 84.7 cm³/mol. The maximum atomic E-state index is 5.80. The van der Waals surface area contributed by atoms with Crippen molar-refractivity contribution in [2.45, 2.75) is 18.7 Å². The van der Waals surface area contributed by atoms with E-state index in [0.29, 0.717) is 0 Å². The van der Waals surface area contributed by atoms with Gasteiger partial charge in [-0.15, -0.1) is 0 Å². The van der Waals surface area contributed by atoms with Crippen molar-refractivity contribution in [3.63, 3.8) is 0 Å². The highest BCUT2D eigenvalue weighted by Gasteiger charge is 2.08. The molecule has 0 aliphatic heterocycles. The third-order valence-corrected chi connectivity index (χ3v) is 5.72. The van der Waals surface area contributed by atoms with Gasteiger partial charge in [-0.05, 0) is 49.5 Å². The highest BCUT2D eigenvalue weighted by atomic mass is 33.1. The van der Waals surface area contributed by atoms with Gasteiger partial charge in [0.05, 0.1) is 0 Å². The van der Waals surface area contributed by atoms with Crippen LogP contribution in [-0.2, 0) is 0 Å². The lowest BCUT2D eigenvalue weighted by Crippen LogP contribution is -1.81. The molecule has 4 heteroatoms. The molecule has 1 nitrogen and oxygen atoms in total. The summed E-state index contributed by atoms with van der Waals surface area (Å²) in [6.45, 7) is 3.31. The summed E-state index contributed by atoms with van der Waals surface area (Å²) in [5, 5.41) is 0. The summed E-state index contributed by atoms with van der Waals surface area (Å²) in [4.78, 5) is 1.19. The predicted octanol–water partition coefficient (Wildman–Crippen LogP) is 5.63. The van der Waals surface area contributed by atoms with Crippen molar-refractivity contribution in [3.8, 4) is 5.75 Å². The van der Waals surface area contributed by atoms with Crippen molar-refractivity contribution in [1.82, 2.24) is 0 Å². The average molecular weight is 294 g/mol. The molecule has 0 spiro atoms. The number of hydrogen-bond donors (Lipinski definition) is 1. The normalized spacial score (nSPS) is 12.2. The fraction of sp³-hybridized carbons (Fsp3) is 0.143. The molecule has 94 valence electrons. The fourth-order valence-corrected chi connectivity index (χ4v) is 4.58. The number of hydrogen-bond acceptors (Lipinski definition) is 3. The quantitative estimate of drug-likeness (QED) is 0.578. The molecule has 0 aliphatic carbocycles. The second kappa shape index (κ2) is 6.51. The first kappa shape index (κ1) is 13.8. The Labute approximate surface area is 119 Å². The van der Waals surface area contributed by atoms with Crippen LogP contribution in [0.25, 0.3) is 0 Å². The van der Waals surface area contributed by atoms with E-state index in [1.165, 1.54) is 16.0 Å². The second-order valence-corrected chi connectivity index (χ2v) is 8.80. The van der Waals surface area contributed by atoms with Gasteiger partial charge in [0.25, 0.3) is 0 Å². The molecular weight excluding hydrogens is 279 g/mol. The van der Waals surface area contributed by atoms with Crippen molar-refractivity contribution >= 4 is 30.2 Å². The Hall–Kier alpha value is -0.630. The van der Waals surface area contributed by atoms with Gasteiger partial charge < -0.3 is 4.52 Å². The fourth-order valence-electron chi connectivity index (χ4n) is 1.40. The molecule has 0 fully saturated rings. The Morgan fingerprint density at radius 3 is 1.94 bits per heavy atom. The Morgan fingerprint density at radius 2 is 1.39 bits per heavy atom. The van der Waals surface area contributed by atoms with E-state index < -0.39 is 6.55 Å². The van der Waals surface area contributed by atoms with Crippen molar-refractivity contribution in [1.29, 1.82) is 0 Å². The topological polar surface area (TPSA) is 9.23 Å². The number of benzene rings is 2. The number of aryl methyl sites for hydroxylation is 2. The lowest BCUT2D eigenvalue weighted by atomic mass is 10.2. The van der Waals surface area contributed by atoms with Crippen molar-refractivity contribution < 1.29 is 4.52 Å². The molecule has 2 aromatic rings. The van der Waals surface area contributed by atoms with E-state index in [1.54, 1.807) is 11.4 Å². The van der Waals surface area contributed by atoms with Gasteiger partial charge in [0.2, 0.25) is 6.55 Å². The van der Waals surface area contributed by atoms with Gasteiger partial charge in [0.1, 0.15) is 5.75 Å². The molecular formula is C14H15OPS2. The maximum absolute atomic E-state index is 5.80. The summed E-state index contributed by atoms with van der Waals surface area (Å²) in [5.41, 5.74) is 2.50. The van der Waals surface area contributed by atoms with Crippen molar-refractivity contribution in [3.05, 3.63) is 59.7 Å². The smallest absolute Gasteiger partial charge is 0.211 e. The molecule has 1 unspecified atom stereocenters. The minimum absolute atomic E-state index is 0.841. The summed E-state index contributed by atoms with van der Waals surface area (Å²) in [7, 11) is 0. The molecule has 0 aliphatic rings. The lowest BCUT2D eigenvalue weighted by molar-refractivity contribution is 0.639. The standard InChI is InChI=1S/C14H15OPS2/c1-11-3-7-13(8-4-11)15-16(17)18-14-9-5-12(2)6-10-14/h3-10,17H,1-2H3. The highest BCUT2D eigenvalue weighted by molar-refractivity contribution is 8.82. The van der Waals surface area contributed by atoms with Crippen LogP contribution in [0, 0.1) is 13.8 Å². The summed E-state index contributed by atoms with van der Waals surface area (Å²) in [6.07, 6.45) is 0. The van der Waals surface area contributed by atoms with E-state index in [0.717, 1.165) is 5.75 Å². The van der Waals surface area contributed by atoms with E-state index in [1.807, 2.05) is 24.3 Å². The van der Waals surface area contributed by atoms with Gasteiger partial charge in [-0.25, -0.2) is 0 Å². The number of thiol groups is 1. The second-order valence-electron chi connectivity index (χ2n) is 4.05.